The van der Waals surface area contributed by atoms with Crippen molar-refractivity contribution in [2.45, 2.75) is 34.6 Å². The van der Waals surface area contributed by atoms with Crippen LogP contribution in [0.5, 0.6) is 5.75 Å². The summed E-state index contributed by atoms with van der Waals surface area (Å²) in [5, 5.41) is 3.99. The zero-order valence-corrected chi connectivity index (χ0v) is 15.0. The average Bonchev–Trinajstić information content (AvgIpc) is 3.16. The van der Waals surface area contributed by atoms with Gasteiger partial charge in [-0.15, -0.1) is 0 Å². The average molecular weight is 327 g/mol. The van der Waals surface area contributed by atoms with Crippen LogP contribution in [0.4, 0.5) is 0 Å². The molecule has 0 radical (unpaired) electrons. The van der Waals surface area contributed by atoms with Gasteiger partial charge in [-0.2, -0.15) is 4.98 Å². The van der Waals surface area contributed by atoms with Crippen molar-refractivity contribution in [1.29, 1.82) is 0 Å². The maximum atomic E-state index is 5.57. The van der Waals surface area contributed by atoms with E-state index < -0.39 is 0 Å². The third-order valence-electron chi connectivity index (χ3n) is 2.78. The highest BCUT2D eigenvalue weighted by Gasteiger charge is 2.14. The number of rotatable bonds is 4. The lowest BCUT2D eigenvalue weighted by atomic mass is 10.2. The summed E-state index contributed by atoms with van der Waals surface area (Å²) in [6.45, 7) is 10.5. The Balaban J connectivity index is 0.000000671. The first kappa shape index (κ1) is 19.4. The Kier molecular flexibility index (Phi) is 8.82. The number of hydrogen-bond acceptors (Lipinski definition) is 5. The number of pyridine rings is 1. The minimum absolute atomic E-state index is 0.445. The fourth-order valence-corrected chi connectivity index (χ4v) is 1.88. The largest absolute Gasteiger partial charge is 0.493 e. The van der Waals surface area contributed by atoms with E-state index in [1.807, 2.05) is 71.0 Å². The molecule has 0 unspecified atom stereocenters. The second kappa shape index (κ2) is 10.9. The molecule has 3 aromatic rings. The Bertz CT molecular complexity index is 697. The van der Waals surface area contributed by atoms with E-state index in [-0.39, 0.29) is 0 Å². The van der Waals surface area contributed by atoms with Gasteiger partial charge in [-0.05, 0) is 31.2 Å². The van der Waals surface area contributed by atoms with Crippen molar-refractivity contribution in [2.75, 3.05) is 6.61 Å². The number of hydrogen-bond donors (Lipinski definition) is 0. The minimum Gasteiger partial charge on any atom is -0.493 e. The van der Waals surface area contributed by atoms with E-state index in [1.165, 1.54) is 0 Å². The summed E-state index contributed by atoms with van der Waals surface area (Å²) < 4.78 is 10.9. The molecule has 0 aliphatic rings. The first-order valence-corrected chi connectivity index (χ1v) is 8.35. The van der Waals surface area contributed by atoms with Gasteiger partial charge in [0.2, 0.25) is 5.82 Å². The normalized spacial score (nSPS) is 9.21. The molecule has 5 nitrogen and oxygen atoms in total. The van der Waals surface area contributed by atoms with Gasteiger partial charge in [-0.1, -0.05) is 45.0 Å². The van der Waals surface area contributed by atoms with Gasteiger partial charge in [0, 0.05) is 18.0 Å². The van der Waals surface area contributed by atoms with Gasteiger partial charge in [0.25, 0.3) is 5.89 Å². The number of para-hydroxylation sites is 1. The Morgan fingerprint density at radius 1 is 0.958 bits per heavy atom. The second-order valence-electron chi connectivity index (χ2n) is 4.09. The maximum Gasteiger partial charge on any atom is 0.262 e. The molecular formula is C19H25N3O2. The van der Waals surface area contributed by atoms with E-state index >= 15 is 0 Å². The third-order valence-corrected chi connectivity index (χ3v) is 2.78. The molecule has 5 heteroatoms. The van der Waals surface area contributed by atoms with Crippen molar-refractivity contribution in [1.82, 2.24) is 15.1 Å². The van der Waals surface area contributed by atoms with Gasteiger partial charge in [-0.25, -0.2) is 0 Å². The summed E-state index contributed by atoms with van der Waals surface area (Å²) >= 11 is 0. The third kappa shape index (κ3) is 4.91. The summed E-state index contributed by atoms with van der Waals surface area (Å²) in [6.07, 6.45) is 3.39. The maximum absolute atomic E-state index is 5.57. The van der Waals surface area contributed by atoms with E-state index in [4.69, 9.17) is 9.26 Å². The number of ether oxygens (including phenoxy) is 1. The van der Waals surface area contributed by atoms with Crippen LogP contribution >= 0.6 is 0 Å². The molecule has 0 aliphatic heterocycles. The predicted octanol–water partition coefficient (Wildman–Crippen LogP) is 5.25. The molecule has 0 spiro atoms. The van der Waals surface area contributed by atoms with Crippen molar-refractivity contribution in [3.05, 3.63) is 48.8 Å². The van der Waals surface area contributed by atoms with Crippen LogP contribution in [-0.2, 0) is 0 Å². The summed E-state index contributed by atoms with van der Waals surface area (Å²) in [5.41, 5.74) is 1.66. The van der Waals surface area contributed by atoms with Crippen molar-refractivity contribution >= 4 is 0 Å². The van der Waals surface area contributed by atoms with Crippen LogP contribution in [0.3, 0.4) is 0 Å². The summed E-state index contributed by atoms with van der Waals surface area (Å²) in [6, 6.07) is 11.3. The Hall–Kier alpha value is -2.69. The van der Waals surface area contributed by atoms with Gasteiger partial charge < -0.3 is 9.26 Å². The van der Waals surface area contributed by atoms with Crippen molar-refractivity contribution in [2.24, 2.45) is 0 Å². The Morgan fingerprint density at radius 2 is 1.62 bits per heavy atom. The monoisotopic (exact) mass is 327 g/mol. The van der Waals surface area contributed by atoms with Crippen molar-refractivity contribution in [3.8, 4) is 28.6 Å². The fourth-order valence-electron chi connectivity index (χ4n) is 1.88. The van der Waals surface area contributed by atoms with Crippen molar-refractivity contribution < 1.29 is 9.26 Å². The fraction of sp³-hybridized carbons (Fsp3) is 0.316. The highest BCUT2D eigenvalue weighted by atomic mass is 16.5. The first-order valence-electron chi connectivity index (χ1n) is 8.35. The lowest BCUT2D eigenvalue weighted by Crippen LogP contribution is -1.93. The lowest BCUT2D eigenvalue weighted by Gasteiger charge is -2.05. The van der Waals surface area contributed by atoms with E-state index in [2.05, 4.69) is 15.1 Å². The molecule has 2 heterocycles. The lowest BCUT2D eigenvalue weighted by molar-refractivity contribution is 0.339. The van der Waals surface area contributed by atoms with Crippen LogP contribution in [-0.4, -0.2) is 21.7 Å². The number of nitrogens with zero attached hydrogens (tertiary/aromatic N) is 3. The summed E-state index contributed by atoms with van der Waals surface area (Å²) in [4.78, 5) is 8.38. The van der Waals surface area contributed by atoms with Crippen LogP contribution < -0.4 is 4.74 Å². The molecule has 0 N–H and O–H groups in total. The highest BCUT2D eigenvalue weighted by molar-refractivity contribution is 5.65. The molecule has 0 bridgehead atoms. The van der Waals surface area contributed by atoms with Crippen LogP contribution in [0.15, 0.2) is 53.3 Å². The smallest absolute Gasteiger partial charge is 0.262 e. The molecule has 0 saturated heterocycles. The van der Waals surface area contributed by atoms with E-state index in [0.29, 0.717) is 18.3 Å². The van der Waals surface area contributed by atoms with Gasteiger partial charge in [0.1, 0.15) is 5.75 Å². The first-order chi connectivity index (χ1) is 11.9. The van der Waals surface area contributed by atoms with Crippen molar-refractivity contribution in [3.63, 3.8) is 0 Å². The van der Waals surface area contributed by atoms with Crippen LogP contribution in [0.1, 0.15) is 34.6 Å². The molecule has 3 rings (SSSR count). The zero-order valence-electron chi connectivity index (χ0n) is 15.0. The van der Waals surface area contributed by atoms with Gasteiger partial charge in [0.05, 0.1) is 12.2 Å². The molecule has 0 atom stereocenters. The molecule has 2 aromatic heterocycles. The molecule has 24 heavy (non-hydrogen) atoms. The number of benzene rings is 1. The standard InChI is InChI=1S/C15H13N3O2.2C2H6/c1-2-19-13-6-4-3-5-12(13)15-17-14(18-20-15)11-7-9-16-10-8-11;2*1-2/h3-10H,2H2,1H3;2*1-2H3. The van der Waals surface area contributed by atoms with E-state index in [9.17, 15) is 0 Å². The van der Waals surface area contributed by atoms with Crippen LogP contribution in [0.2, 0.25) is 0 Å². The minimum atomic E-state index is 0.445. The van der Waals surface area contributed by atoms with Gasteiger partial charge in [-0.3, -0.25) is 4.98 Å². The van der Waals surface area contributed by atoms with Gasteiger partial charge in [0.15, 0.2) is 0 Å². The molecule has 0 amide bonds. The molecule has 0 aliphatic carbocycles. The van der Waals surface area contributed by atoms with Gasteiger partial charge >= 0.3 is 0 Å². The Labute approximate surface area is 143 Å². The zero-order chi connectivity index (χ0) is 17.8. The van der Waals surface area contributed by atoms with E-state index in [0.717, 1.165) is 16.9 Å². The SMILES string of the molecule is CC.CC.CCOc1ccccc1-c1nc(-c2ccncc2)no1. The number of aromatic nitrogens is 3. The van der Waals surface area contributed by atoms with E-state index in [1.54, 1.807) is 12.4 Å². The van der Waals surface area contributed by atoms with Crippen LogP contribution in [0, 0.1) is 0 Å². The summed E-state index contributed by atoms with van der Waals surface area (Å²) in [7, 11) is 0. The summed E-state index contributed by atoms with van der Waals surface area (Å²) in [5.74, 6) is 1.72. The quantitative estimate of drug-likeness (QED) is 0.655. The molecule has 128 valence electrons. The molecule has 0 fully saturated rings. The topological polar surface area (TPSA) is 61.0 Å². The predicted molar refractivity (Wildman–Crippen MR) is 96.8 cm³/mol. The van der Waals surface area contributed by atoms with Crippen LogP contribution in [0.25, 0.3) is 22.8 Å². The Morgan fingerprint density at radius 3 is 2.29 bits per heavy atom. The highest BCUT2D eigenvalue weighted by Crippen LogP contribution is 2.29. The molecule has 1 aromatic carbocycles. The second-order valence-corrected chi connectivity index (χ2v) is 4.09. The molecular weight excluding hydrogens is 302 g/mol. The molecule has 0 saturated carbocycles.